The third kappa shape index (κ3) is 5.27. The van der Waals surface area contributed by atoms with Crippen LogP contribution in [0.4, 0.5) is 0 Å². The van der Waals surface area contributed by atoms with Crippen LogP contribution < -0.4 is 10.2 Å². The third-order valence-electron chi connectivity index (χ3n) is 2.46. The van der Waals surface area contributed by atoms with Gasteiger partial charge in [-0.2, -0.15) is 5.10 Å². The molecule has 5 nitrogen and oxygen atoms in total. The minimum atomic E-state index is -0.356. The number of hydrogen-bond acceptors (Lipinski definition) is 4. The van der Waals surface area contributed by atoms with Crippen LogP contribution in [-0.2, 0) is 4.79 Å². The maximum atomic E-state index is 11.5. The van der Waals surface area contributed by atoms with Crippen molar-refractivity contribution in [1.29, 1.82) is 0 Å². The average Bonchev–Trinajstić information content (AvgIpc) is 2.47. The van der Waals surface area contributed by atoms with Crippen molar-refractivity contribution in [3.63, 3.8) is 0 Å². The van der Waals surface area contributed by atoms with Gasteiger partial charge < -0.3 is 9.84 Å². The molecule has 6 heteroatoms. The van der Waals surface area contributed by atoms with Crippen LogP contribution in [0.1, 0.15) is 5.56 Å². The first-order chi connectivity index (χ1) is 10.1. The zero-order valence-electron chi connectivity index (χ0n) is 11.0. The van der Waals surface area contributed by atoms with Gasteiger partial charge in [-0.05, 0) is 48.0 Å². The number of phenols is 1. The molecule has 21 heavy (non-hydrogen) atoms. The fraction of sp³-hybridized carbons (Fsp3) is 0.0667. The Hall–Kier alpha value is -2.34. The third-order valence-corrected chi connectivity index (χ3v) is 2.96. The average molecular weight is 349 g/mol. The molecule has 0 aliphatic heterocycles. The SMILES string of the molecule is O=C(COc1cccc(Br)c1)NN=Cc1ccc(O)cc1. The van der Waals surface area contributed by atoms with Gasteiger partial charge >= 0.3 is 0 Å². The molecule has 2 N–H and O–H groups in total. The van der Waals surface area contributed by atoms with Crippen LogP contribution in [-0.4, -0.2) is 23.8 Å². The summed E-state index contributed by atoms with van der Waals surface area (Å²) in [6.07, 6.45) is 1.48. The van der Waals surface area contributed by atoms with Crippen molar-refractivity contribution in [2.75, 3.05) is 6.61 Å². The Labute approximate surface area is 130 Å². The molecule has 0 saturated heterocycles. The summed E-state index contributed by atoms with van der Waals surface area (Å²) < 4.78 is 6.20. The maximum absolute atomic E-state index is 11.5. The van der Waals surface area contributed by atoms with Gasteiger partial charge in [-0.15, -0.1) is 0 Å². The lowest BCUT2D eigenvalue weighted by atomic mass is 10.2. The van der Waals surface area contributed by atoms with Crippen LogP contribution in [0.15, 0.2) is 58.1 Å². The summed E-state index contributed by atoms with van der Waals surface area (Å²) in [4.78, 5) is 11.5. The molecule has 0 aliphatic carbocycles. The van der Waals surface area contributed by atoms with Gasteiger partial charge in [0, 0.05) is 4.47 Å². The van der Waals surface area contributed by atoms with Gasteiger partial charge in [0.1, 0.15) is 11.5 Å². The largest absolute Gasteiger partial charge is 0.508 e. The molecule has 0 spiro atoms. The van der Waals surface area contributed by atoms with Crippen molar-refractivity contribution < 1.29 is 14.6 Å². The molecule has 2 rings (SSSR count). The van der Waals surface area contributed by atoms with Gasteiger partial charge in [0.25, 0.3) is 5.91 Å². The Morgan fingerprint density at radius 3 is 2.76 bits per heavy atom. The molecule has 0 saturated carbocycles. The van der Waals surface area contributed by atoms with Crippen molar-refractivity contribution >= 4 is 28.1 Å². The molecule has 0 bridgehead atoms. The number of benzene rings is 2. The van der Waals surface area contributed by atoms with Crippen LogP contribution in [0.2, 0.25) is 0 Å². The summed E-state index contributed by atoms with van der Waals surface area (Å²) in [5, 5.41) is 12.9. The molecule has 1 amide bonds. The maximum Gasteiger partial charge on any atom is 0.277 e. The predicted molar refractivity (Wildman–Crippen MR) is 83.5 cm³/mol. The van der Waals surface area contributed by atoms with E-state index in [0.717, 1.165) is 10.0 Å². The number of ether oxygens (including phenoxy) is 1. The lowest BCUT2D eigenvalue weighted by molar-refractivity contribution is -0.123. The number of halogens is 1. The molecule has 0 fully saturated rings. The molecule has 0 atom stereocenters. The van der Waals surface area contributed by atoms with E-state index in [1.165, 1.54) is 6.21 Å². The second-order valence-corrected chi connectivity index (χ2v) is 5.05. The molecule has 0 heterocycles. The summed E-state index contributed by atoms with van der Waals surface area (Å²) >= 11 is 3.32. The summed E-state index contributed by atoms with van der Waals surface area (Å²) in [5.41, 5.74) is 3.13. The van der Waals surface area contributed by atoms with Crippen LogP contribution in [0.5, 0.6) is 11.5 Å². The highest BCUT2D eigenvalue weighted by atomic mass is 79.9. The van der Waals surface area contributed by atoms with E-state index in [-0.39, 0.29) is 18.3 Å². The molecule has 0 aliphatic rings. The van der Waals surface area contributed by atoms with Crippen molar-refractivity contribution in [3.05, 3.63) is 58.6 Å². The molecule has 108 valence electrons. The summed E-state index contributed by atoms with van der Waals surface area (Å²) in [5.74, 6) is 0.422. The molecule has 2 aromatic rings. The first-order valence-electron chi connectivity index (χ1n) is 6.13. The standard InChI is InChI=1S/C15H13BrN2O3/c16-12-2-1-3-14(8-12)21-10-15(20)18-17-9-11-4-6-13(19)7-5-11/h1-9,19H,10H2,(H,18,20). The molecule has 0 unspecified atom stereocenters. The van der Waals surface area contributed by atoms with E-state index in [1.54, 1.807) is 36.4 Å². The van der Waals surface area contributed by atoms with Crippen molar-refractivity contribution in [2.24, 2.45) is 5.10 Å². The number of nitrogens with one attached hydrogen (secondary N) is 1. The Morgan fingerprint density at radius 2 is 2.05 bits per heavy atom. The molecule has 0 radical (unpaired) electrons. The quantitative estimate of drug-likeness (QED) is 0.644. The van der Waals surface area contributed by atoms with Crippen molar-refractivity contribution in [1.82, 2.24) is 5.43 Å². The Morgan fingerprint density at radius 1 is 1.29 bits per heavy atom. The minimum absolute atomic E-state index is 0.122. The number of carbonyl (C=O) groups is 1. The van der Waals surface area contributed by atoms with E-state index >= 15 is 0 Å². The van der Waals surface area contributed by atoms with E-state index < -0.39 is 0 Å². The van der Waals surface area contributed by atoms with Gasteiger partial charge in [-0.25, -0.2) is 5.43 Å². The lowest BCUT2D eigenvalue weighted by Crippen LogP contribution is -2.24. The Bertz CT molecular complexity index is 642. The fourth-order valence-electron chi connectivity index (χ4n) is 1.48. The fourth-order valence-corrected chi connectivity index (χ4v) is 1.86. The summed E-state index contributed by atoms with van der Waals surface area (Å²) in [6, 6.07) is 13.7. The van der Waals surface area contributed by atoms with E-state index in [1.807, 2.05) is 12.1 Å². The first kappa shape index (κ1) is 15.1. The molecule has 0 aromatic heterocycles. The van der Waals surface area contributed by atoms with E-state index in [0.29, 0.717) is 5.75 Å². The zero-order chi connectivity index (χ0) is 15.1. The number of phenolic OH excluding ortho intramolecular Hbond substituents is 1. The number of rotatable bonds is 5. The first-order valence-corrected chi connectivity index (χ1v) is 6.92. The number of carbonyl (C=O) groups excluding carboxylic acids is 1. The van der Waals surface area contributed by atoms with Crippen LogP contribution in [0.25, 0.3) is 0 Å². The molecule has 2 aromatic carbocycles. The number of amides is 1. The Balaban J connectivity index is 1.78. The van der Waals surface area contributed by atoms with Crippen molar-refractivity contribution in [3.8, 4) is 11.5 Å². The van der Waals surface area contributed by atoms with Crippen LogP contribution >= 0.6 is 15.9 Å². The van der Waals surface area contributed by atoms with Gasteiger partial charge in [0.05, 0.1) is 6.21 Å². The summed E-state index contributed by atoms with van der Waals surface area (Å²) in [6.45, 7) is -0.122. The van der Waals surface area contributed by atoms with Gasteiger partial charge in [-0.3, -0.25) is 4.79 Å². The molecular formula is C15H13BrN2O3. The second kappa shape index (κ2) is 7.44. The normalized spacial score (nSPS) is 10.5. The van der Waals surface area contributed by atoms with Crippen LogP contribution in [0.3, 0.4) is 0 Å². The monoisotopic (exact) mass is 348 g/mol. The van der Waals surface area contributed by atoms with Gasteiger partial charge in [-0.1, -0.05) is 22.0 Å². The number of nitrogens with zero attached hydrogens (tertiary/aromatic N) is 1. The lowest BCUT2D eigenvalue weighted by Gasteiger charge is -2.05. The molecular weight excluding hydrogens is 336 g/mol. The highest BCUT2D eigenvalue weighted by Gasteiger charge is 2.01. The number of hydrogen-bond donors (Lipinski definition) is 2. The van der Waals surface area contributed by atoms with E-state index in [4.69, 9.17) is 9.84 Å². The number of hydrazone groups is 1. The highest BCUT2D eigenvalue weighted by molar-refractivity contribution is 9.10. The Kier molecular flexibility index (Phi) is 5.34. The van der Waals surface area contributed by atoms with Gasteiger partial charge in [0.2, 0.25) is 0 Å². The van der Waals surface area contributed by atoms with Crippen molar-refractivity contribution in [2.45, 2.75) is 0 Å². The summed E-state index contributed by atoms with van der Waals surface area (Å²) in [7, 11) is 0. The van der Waals surface area contributed by atoms with E-state index in [9.17, 15) is 4.79 Å². The highest BCUT2D eigenvalue weighted by Crippen LogP contribution is 2.17. The van der Waals surface area contributed by atoms with E-state index in [2.05, 4.69) is 26.5 Å². The predicted octanol–water partition coefficient (Wildman–Crippen LogP) is 2.68. The van der Waals surface area contributed by atoms with Crippen LogP contribution in [0, 0.1) is 0 Å². The topological polar surface area (TPSA) is 70.9 Å². The van der Waals surface area contributed by atoms with Gasteiger partial charge in [0.15, 0.2) is 6.61 Å². The second-order valence-electron chi connectivity index (χ2n) is 4.13. The number of aromatic hydroxyl groups is 1. The zero-order valence-corrected chi connectivity index (χ0v) is 12.6. The minimum Gasteiger partial charge on any atom is -0.508 e. The smallest absolute Gasteiger partial charge is 0.277 e.